The van der Waals surface area contributed by atoms with Crippen molar-refractivity contribution in [2.24, 2.45) is 5.41 Å². The molecule has 9 heteroatoms. The van der Waals surface area contributed by atoms with Gasteiger partial charge in [0, 0.05) is 43.2 Å². The molecule has 1 unspecified atom stereocenters. The zero-order chi connectivity index (χ0) is 20.5. The molecule has 3 aliphatic heterocycles. The fourth-order valence-electron chi connectivity index (χ4n) is 4.86. The van der Waals surface area contributed by atoms with Crippen LogP contribution in [0.3, 0.4) is 0 Å². The molecule has 2 fully saturated rings. The van der Waals surface area contributed by atoms with Gasteiger partial charge in [0.2, 0.25) is 5.95 Å². The number of pyridine rings is 1. The Morgan fingerprint density at radius 1 is 1.10 bits per heavy atom. The van der Waals surface area contributed by atoms with Crippen LogP contribution in [0.4, 0.5) is 16.2 Å². The molecular weight excluding hydrogens is 405 g/mol. The van der Waals surface area contributed by atoms with Crippen molar-refractivity contribution in [1.29, 1.82) is 0 Å². The van der Waals surface area contributed by atoms with Crippen molar-refractivity contribution < 1.29 is 4.39 Å². The predicted molar refractivity (Wildman–Crippen MR) is 113 cm³/mol. The molecule has 0 radical (unpaired) electrons. The molecule has 1 aromatic carbocycles. The number of nitrogens with zero attached hydrogens (tertiary/aromatic N) is 6. The zero-order valence-electron chi connectivity index (χ0n) is 16.5. The lowest BCUT2D eigenvalue weighted by Crippen LogP contribution is -2.73. The topological polar surface area (TPSA) is 62.1 Å². The minimum atomic E-state index is -0.304. The molecule has 1 spiro atoms. The van der Waals surface area contributed by atoms with Crippen molar-refractivity contribution >= 4 is 23.4 Å². The van der Waals surface area contributed by atoms with Crippen molar-refractivity contribution in [1.82, 2.24) is 25.1 Å². The van der Waals surface area contributed by atoms with E-state index in [1.807, 2.05) is 12.1 Å². The van der Waals surface area contributed by atoms with Crippen molar-refractivity contribution in [3.05, 3.63) is 58.8 Å². The van der Waals surface area contributed by atoms with Gasteiger partial charge in [-0.2, -0.15) is 0 Å². The average molecular weight is 426 g/mol. The van der Waals surface area contributed by atoms with Gasteiger partial charge < -0.3 is 15.1 Å². The van der Waals surface area contributed by atoms with Crippen LogP contribution in [0.5, 0.6) is 0 Å². The lowest BCUT2D eigenvalue weighted by Gasteiger charge is -2.60. The zero-order valence-corrected chi connectivity index (χ0v) is 17.3. The van der Waals surface area contributed by atoms with Crippen LogP contribution in [0.15, 0.2) is 36.5 Å². The number of nitrogens with one attached hydrogen (secondary N) is 1. The second-order valence-corrected chi connectivity index (χ2v) is 9.05. The van der Waals surface area contributed by atoms with Gasteiger partial charge in [-0.05, 0) is 42.8 Å². The van der Waals surface area contributed by atoms with Gasteiger partial charge in [0.1, 0.15) is 11.6 Å². The van der Waals surface area contributed by atoms with E-state index in [1.54, 1.807) is 6.07 Å². The summed E-state index contributed by atoms with van der Waals surface area (Å²) in [7, 11) is 0. The van der Waals surface area contributed by atoms with Gasteiger partial charge in [0.05, 0.1) is 17.9 Å². The normalized spacial score (nSPS) is 21.5. The molecular formula is C21H21ClFN7. The van der Waals surface area contributed by atoms with Gasteiger partial charge >= 0.3 is 0 Å². The van der Waals surface area contributed by atoms with Crippen LogP contribution >= 0.6 is 11.6 Å². The number of halogens is 2. The molecule has 0 aliphatic carbocycles. The van der Waals surface area contributed by atoms with E-state index in [4.69, 9.17) is 11.6 Å². The maximum absolute atomic E-state index is 13.1. The molecule has 2 aromatic heterocycles. The minimum Gasteiger partial charge on any atom is -0.355 e. The van der Waals surface area contributed by atoms with Crippen LogP contribution in [-0.4, -0.2) is 45.9 Å². The third-order valence-electron chi connectivity index (χ3n) is 6.36. The summed E-state index contributed by atoms with van der Waals surface area (Å²) in [4.78, 5) is 8.69. The van der Waals surface area contributed by atoms with E-state index < -0.39 is 0 Å². The largest absolute Gasteiger partial charge is 0.355 e. The fourth-order valence-corrected chi connectivity index (χ4v) is 5.05. The third kappa shape index (κ3) is 2.70. The molecule has 154 valence electrons. The summed E-state index contributed by atoms with van der Waals surface area (Å²) >= 11 is 6.24. The Labute approximate surface area is 178 Å². The van der Waals surface area contributed by atoms with Gasteiger partial charge in [0.25, 0.3) is 0 Å². The number of rotatable bonds is 2. The van der Waals surface area contributed by atoms with E-state index in [9.17, 15) is 4.39 Å². The SMILES string of the molecule is CC1NCc2cc(Cl)ccc2-n2c1nnc2N1CC2(CN(c3ccc(F)cn3)C2)C1. The molecule has 0 amide bonds. The maximum Gasteiger partial charge on any atom is 0.232 e. The molecule has 6 rings (SSSR count). The van der Waals surface area contributed by atoms with E-state index in [1.165, 1.54) is 12.3 Å². The monoisotopic (exact) mass is 425 g/mol. The molecule has 3 aliphatic rings. The highest BCUT2D eigenvalue weighted by atomic mass is 35.5. The number of fused-ring (bicyclic) bond motifs is 3. The highest BCUT2D eigenvalue weighted by molar-refractivity contribution is 6.30. The first-order chi connectivity index (χ1) is 14.5. The first-order valence-corrected chi connectivity index (χ1v) is 10.5. The Hall–Kier alpha value is -2.71. The number of benzene rings is 1. The second-order valence-electron chi connectivity index (χ2n) is 8.62. The van der Waals surface area contributed by atoms with Crippen molar-refractivity contribution in [3.8, 4) is 5.69 Å². The minimum absolute atomic E-state index is 0.0939. The standard InChI is InChI=1S/C21H21ClFN7/c1-13-19-26-27-20(30(19)17-4-2-15(22)6-14(17)7-24-13)29-11-21(12-29)9-28(10-21)18-5-3-16(23)8-25-18/h2-6,8,13,24H,7,9-12H2,1H3. The Kier molecular flexibility index (Phi) is 3.85. The lowest BCUT2D eigenvalue weighted by atomic mass is 9.73. The van der Waals surface area contributed by atoms with Gasteiger partial charge in [-0.1, -0.05) is 11.6 Å². The van der Waals surface area contributed by atoms with Crippen LogP contribution in [0.1, 0.15) is 24.4 Å². The maximum atomic E-state index is 13.1. The van der Waals surface area contributed by atoms with E-state index in [0.717, 1.165) is 66.6 Å². The van der Waals surface area contributed by atoms with Crippen LogP contribution < -0.4 is 15.1 Å². The van der Waals surface area contributed by atoms with E-state index in [-0.39, 0.29) is 17.3 Å². The molecule has 0 saturated carbocycles. The first-order valence-electron chi connectivity index (χ1n) is 10.1. The van der Waals surface area contributed by atoms with E-state index >= 15 is 0 Å². The summed E-state index contributed by atoms with van der Waals surface area (Å²) in [6, 6.07) is 9.27. The van der Waals surface area contributed by atoms with Crippen LogP contribution in [0.25, 0.3) is 5.69 Å². The molecule has 7 nitrogen and oxygen atoms in total. The summed E-state index contributed by atoms with van der Waals surface area (Å²) in [5.74, 6) is 2.33. The smallest absolute Gasteiger partial charge is 0.232 e. The summed E-state index contributed by atoms with van der Waals surface area (Å²) in [6.07, 6.45) is 1.28. The molecule has 3 aromatic rings. The van der Waals surface area contributed by atoms with Gasteiger partial charge in [0.15, 0.2) is 5.82 Å². The lowest BCUT2D eigenvalue weighted by molar-refractivity contribution is 0.153. The van der Waals surface area contributed by atoms with Crippen molar-refractivity contribution in [3.63, 3.8) is 0 Å². The molecule has 5 heterocycles. The summed E-state index contributed by atoms with van der Waals surface area (Å²) in [5.41, 5.74) is 2.46. The summed E-state index contributed by atoms with van der Waals surface area (Å²) in [5, 5.41) is 13.3. The summed E-state index contributed by atoms with van der Waals surface area (Å²) in [6.45, 7) is 6.54. The first kappa shape index (κ1) is 18.1. The molecule has 1 atom stereocenters. The third-order valence-corrected chi connectivity index (χ3v) is 6.60. The second kappa shape index (κ2) is 6.39. The number of aromatic nitrogens is 4. The highest BCUT2D eigenvalue weighted by Gasteiger charge is 2.53. The Balaban J connectivity index is 1.24. The van der Waals surface area contributed by atoms with Crippen LogP contribution in [0, 0.1) is 11.2 Å². The van der Waals surface area contributed by atoms with Gasteiger partial charge in [-0.3, -0.25) is 4.57 Å². The van der Waals surface area contributed by atoms with Crippen LogP contribution in [-0.2, 0) is 6.54 Å². The molecule has 0 bridgehead atoms. The summed E-state index contributed by atoms with van der Waals surface area (Å²) < 4.78 is 15.3. The molecule has 30 heavy (non-hydrogen) atoms. The van der Waals surface area contributed by atoms with Crippen molar-refractivity contribution in [2.75, 3.05) is 36.0 Å². The molecule has 2 saturated heterocycles. The average Bonchev–Trinajstić information content (AvgIpc) is 3.04. The quantitative estimate of drug-likeness (QED) is 0.681. The Bertz CT molecular complexity index is 1110. The Morgan fingerprint density at radius 2 is 1.90 bits per heavy atom. The number of hydrogen-bond acceptors (Lipinski definition) is 6. The van der Waals surface area contributed by atoms with Gasteiger partial charge in [-0.25, -0.2) is 9.37 Å². The van der Waals surface area contributed by atoms with E-state index in [2.05, 4.69) is 47.9 Å². The number of anilines is 2. The predicted octanol–water partition coefficient (Wildman–Crippen LogP) is 2.95. The van der Waals surface area contributed by atoms with E-state index in [0.29, 0.717) is 0 Å². The van der Waals surface area contributed by atoms with Crippen LogP contribution in [0.2, 0.25) is 5.02 Å². The van der Waals surface area contributed by atoms with Gasteiger partial charge in [-0.15, -0.1) is 10.2 Å². The molecule has 1 N–H and O–H groups in total. The number of hydrogen-bond donors (Lipinski definition) is 1. The fraction of sp³-hybridized carbons (Fsp3) is 0.381. The Morgan fingerprint density at radius 3 is 2.67 bits per heavy atom. The van der Waals surface area contributed by atoms with Crippen molar-refractivity contribution in [2.45, 2.75) is 19.5 Å². The highest BCUT2D eigenvalue weighted by Crippen LogP contribution is 2.44.